The van der Waals surface area contributed by atoms with Crippen LogP contribution >= 0.6 is 0 Å². The monoisotopic (exact) mass is 305 g/mol. The first-order valence-electron chi connectivity index (χ1n) is 6.50. The van der Waals surface area contributed by atoms with Crippen LogP contribution in [0, 0.1) is 11.6 Å². The molecule has 20 heavy (non-hydrogen) atoms. The van der Waals surface area contributed by atoms with Crippen LogP contribution < -0.4 is 4.72 Å². The number of rotatable bonds is 4. The predicted molar refractivity (Wildman–Crippen MR) is 69.6 cm³/mol. The predicted octanol–water partition coefficient (Wildman–Crippen LogP) is 1.94. The highest BCUT2D eigenvalue weighted by atomic mass is 32.2. The van der Waals surface area contributed by atoms with Crippen LogP contribution in [-0.4, -0.2) is 25.7 Å². The zero-order valence-corrected chi connectivity index (χ0v) is 11.7. The third kappa shape index (κ3) is 3.53. The molecule has 0 spiro atoms. The van der Waals surface area contributed by atoms with E-state index in [2.05, 4.69) is 4.72 Å². The van der Waals surface area contributed by atoms with Gasteiger partial charge in [0.2, 0.25) is 10.0 Å². The smallest absolute Gasteiger partial charge is 0.240 e. The lowest BCUT2D eigenvalue weighted by Crippen LogP contribution is -2.44. The topological polar surface area (TPSA) is 66.4 Å². The Kier molecular flexibility index (Phi) is 4.41. The summed E-state index contributed by atoms with van der Waals surface area (Å²) in [7, 11) is -3.95. The van der Waals surface area contributed by atoms with Gasteiger partial charge in [0.1, 0.15) is 0 Å². The summed E-state index contributed by atoms with van der Waals surface area (Å²) in [4.78, 5) is -0.351. The van der Waals surface area contributed by atoms with Gasteiger partial charge in [-0.3, -0.25) is 0 Å². The van der Waals surface area contributed by atoms with Crippen LogP contribution in [0.1, 0.15) is 32.1 Å². The van der Waals surface area contributed by atoms with E-state index >= 15 is 0 Å². The van der Waals surface area contributed by atoms with Gasteiger partial charge in [-0.05, 0) is 31.0 Å². The Labute approximate surface area is 116 Å². The quantitative estimate of drug-likeness (QED) is 0.893. The molecule has 0 unspecified atom stereocenters. The van der Waals surface area contributed by atoms with Crippen molar-refractivity contribution < 1.29 is 22.3 Å². The lowest BCUT2D eigenvalue weighted by molar-refractivity contribution is 0.00945. The van der Waals surface area contributed by atoms with Gasteiger partial charge in [0.05, 0.1) is 10.5 Å². The van der Waals surface area contributed by atoms with Gasteiger partial charge in [0.25, 0.3) is 0 Å². The van der Waals surface area contributed by atoms with Gasteiger partial charge < -0.3 is 5.11 Å². The van der Waals surface area contributed by atoms with Crippen molar-refractivity contribution in [3.05, 3.63) is 29.8 Å². The van der Waals surface area contributed by atoms with E-state index in [-0.39, 0.29) is 11.4 Å². The van der Waals surface area contributed by atoms with E-state index in [1.165, 1.54) is 0 Å². The van der Waals surface area contributed by atoms with Crippen LogP contribution in [0.3, 0.4) is 0 Å². The zero-order chi connectivity index (χ0) is 14.8. The Hall–Kier alpha value is -1.05. The second-order valence-corrected chi connectivity index (χ2v) is 6.95. The molecule has 4 nitrogen and oxygen atoms in total. The van der Waals surface area contributed by atoms with Gasteiger partial charge in [0.15, 0.2) is 11.6 Å². The first kappa shape index (κ1) is 15.3. The maximum atomic E-state index is 13.1. The van der Waals surface area contributed by atoms with Crippen LogP contribution in [0.2, 0.25) is 0 Å². The standard InChI is InChI=1S/C13H17F2NO3S/c14-11-5-4-10(8-12(11)15)20(18,19)16-9-13(17)6-2-1-3-7-13/h4-5,8,16-17H,1-3,6-7,9H2. The van der Waals surface area contributed by atoms with Gasteiger partial charge in [0, 0.05) is 6.54 Å². The Morgan fingerprint density at radius 1 is 1.15 bits per heavy atom. The molecule has 1 aliphatic carbocycles. The Bertz CT molecular complexity index is 583. The summed E-state index contributed by atoms with van der Waals surface area (Å²) in [5.41, 5.74) is -1.05. The average molecular weight is 305 g/mol. The maximum absolute atomic E-state index is 13.1. The minimum absolute atomic E-state index is 0.117. The van der Waals surface area contributed by atoms with E-state index in [9.17, 15) is 22.3 Å². The number of benzene rings is 1. The highest BCUT2D eigenvalue weighted by molar-refractivity contribution is 7.89. The molecule has 0 heterocycles. The molecule has 0 saturated heterocycles. The molecule has 0 aromatic heterocycles. The minimum Gasteiger partial charge on any atom is -0.389 e. The van der Waals surface area contributed by atoms with E-state index in [0.717, 1.165) is 31.4 Å². The van der Waals surface area contributed by atoms with Crippen molar-refractivity contribution in [1.29, 1.82) is 0 Å². The molecule has 0 aliphatic heterocycles. The molecule has 2 N–H and O–H groups in total. The van der Waals surface area contributed by atoms with Crippen molar-refractivity contribution in [1.82, 2.24) is 4.72 Å². The highest BCUT2D eigenvalue weighted by Crippen LogP contribution is 2.27. The summed E-state index contributed by atoms with van der Waals surface area (Å²) in [6.45, 7) is -0.117. The Balaban J connectivity index is 2.09. The van der Waals surface area contributed by atoms with Crippen molar-refractivity contribution in [3.63, 3.8) is 0 Å². The van der Waals surface area contributed by atoms with E-state index in [1.54, 1.807) is 0 Å². The zero-order valence-electron chi connectivity index (χ0n) is 10.9. The number of halogens is 2. The third-order valence-corrected chi connectivity index (χ3v) is 4.98. The lowest BCUT2D eigenvalue weighted by Gasteiger charge is -2.32. The first-order valence-corrected chi connectivity index (χ1v) is 7.98. The molecular formula is C13H17F2NO3S. The van der Waals surface area contributed by atoms with Crippen LogP contribution in [0.25, 0.3) is 0 Å². The van der Waals surface area contributed by atoms with E-state index < -0.39 is 27.3 Å². The van der Waals surface area contributed by atoms with Crippen molar-refractivity contribution in [3.8, 4) is 0 Å². The molecule has 112 valence electrons. The number of hydrogen-bond donors (Lipinski definition) is 2. The molecule has 7 heteroatoms. The summed E-state index contributed by atoms with van der Waals surface area (Å²) < 4.78 is 52.1. The van der Waals surface area contributed by atoms with E-state index in [4.69, 9.17) is 0 Å². The summed E-state index contributed by atoms with van der Waals surface area (Å²) in [5, 5.41) is 10.2. The van der Waals surface area contributed by atoms with Crippen LogP contribution in [0.5, 0.6) is 0 Å². The fraction of sp³-hybridized carbons (Fsp3) is 0.538. The van der Waals surface area contributed by atoms with Crippen LogP contribution in [0.4, 0.5) is 8.78 Å². The van der Waals surface area contributed by atoms with Crippen LogP contribution in [0.15, 0.2) is 23.1 Å². The van der Waals surface area contributed by atoms with Gasteiger partial charge >= 0.3 is 0 Å². The number of aliphatic hydroxyl groups is 1. The molecule has 1 saturated carbocycles. The van der Waals surface area contributed by atoms with Gasteiger partial charge in [-0.25, -0.2) is 21.9 Å². The molecule has 0 radical (unpaired) electrons. The van der Waals surface area contributed by atoms with Crippen molar-refractivity contribution in [2.24, 2.45) is 0 Å². The molecule has 1 aromatic carbocycles. The summed E-state index contributed by atoms with van der Waals surface area (Å²) in [6.07, 6.45) is 3.80. The summed E-state index contributed by atoms with van der Waals surface area (Å²) in [6, 6.07) is 2.38. The highest BCUT2D eigenvalue weighted by Gasteiger charge is 2.31. The number of sulfonamides is 1. The lowest BCUT2D eigenvalue weighted by atomic mass is 9.85. The average Bonchev–Trinajstić information content (AvgIpc) is 2.41. The largest absolute Gasteiger partial charge is 0.389 e. The maximum Gasteiger partial charge on any atom is 0.240 e. The minimum atomic E-state index is -3.95. The fourth-order valence-electron chi connectivity index (χ4n) is 2.34. The number of hydrogen-bond acceptors (Lipinski definition) is 3. The Morgan fingerprint density at radius 3 is 2.40 bits per heavy atom. The molecule has 1 aliphatic rings. The second-order valence-electron chi connectivity index (χ2n) is 5.19. The van der Waals surface area contributed by atoms with Gasteiger partial charge in [-0.1, -0.05) is 19.3 Å². The number of nitrogens with one attached hydrogen (secondary N) is 1. The normalized spacial score (nSPS) is 18.9. The molecule has 0 amide bonds. The van der Waals surface area contributed by atoms with Crippen molar-refractivity contribution in [2.75, 3.05) is 6.54 Å². The first-order chi connectivity index (χ1) is 9.32. The van der Waals surface area contributed by atoms with Crippen LogP contribution in [-0.2, 0) is 10.0 Å². The third-order valence-electron chi connectivity index (χ3n) is 3.58. The summed E-state index contributed by atoms with van der Waals surface area (Å²) >= 11 is 0. The molecule has 2 rings (SSSR count). The molecule has 0 atom stereocenters. The van der Waals surface area contributed by atoms with Crippen molar-refractivity contribution in [2.45, 2.75) is 42.6 Å². The summed E-state index contributed by atoms with van der Waals surface area (Å²) in [5.74, 6) is -2.32. The molecular weight excluding hydrogens is 288 g/mol. The van der Waals surface area contributed by atoms with Crippen molar-refractivity contribution >= 4 is 10.0 Å². The molecule has 1 aromatic rings. The van der Waals surface area contributed by atoms with E-state index in [1.807, 2.05) is 0 Å². The van der Waals surface area contributed by atoms with Gasteiger partial charge in [-0.2, -0.15) is 0 Å². The molecule has 0 bridgehead atoms. The SMILES string of the molecule is O=S(=O)(NCC1(O)CCCCC1)c1ccc(F)c(F)c1. The van der Waals surface area contributed by atoms with Gasteiger partial charge in [-0.15, -0.1) is 0 Å². The fourth-order valence-corrected chi connectivity index (χ4v) is 3.47. The van der Waals surface area contributed by atoms with E-state index in [0.29, 0.717) is 18.9 Å². The second kappa shape index (κ2) is 5.75. The Morgan fingerprint density at radius 2 is 1.80 bits per heavy atom. The molecule has 1 fully saturated rings.